The highest BCUT2D eigenvalue weighted by Gasteiger charge is 2.22. The van der Waals surface area contributed by atoms with Gasteiger partial charge in [0.1, 0.15) is 42.8 Å². The molecule has 0 aromatic carbocycles. The van der Waals surface area contributed by atoms with Gasteiger partial charge in [0.05, 0.1) is 0 Å². The highest BCUT2D eigenvalue weighted by molar-refractivity contribution is 5.68. The SMILES string of the molecule is CC(C)=C1CCCCn2ccnc21.CC(C)=C1CCCCn2cnnc21.CC(C)=C1CCCCn2ncnc21.CC(C)=C1CCCCn2nnnc21.CC(C)=C1CCCn2ccnc21.CC(C)=C1CCCn2ccnc21.CC(C)=C1CCCn2cnnc21.CC(C)=C1CCCn2ncnc21. The first-order chi connectivity index (χ1) is 48.3. The Bertz CT molecular complexity index is 3670. The van der Waals surface area contributed by atoms with Gasteiger partial charge >= 0.3 is 0 Å². The lowest BCUT2D eigenvalue weighted by Gasteiger charge is -2.17. The van der Waals surface area contributed by atoms with E-state index in [4.69, 9.17) is 0 Å². The molecule has 0 radical (unpaired) electrons. The van der Waals surface area contributed by atoms with Crippen molar-refractivity contribution in [2.24, 2.45) is 0 Å². The molecule has 0 aliphatic carbocycles. The lowest BCUT2D eigenvalue weighted by molar-refractivity contribution is 0.550. The first-order valence-corrected chi connectivity index (χ1v) is 37.0. The van der Waals surface area contributed by atoms with Crippen LogP contribution in [0, 0.1) is 0 Å². The predicted molar refractivity (Wildman–Crippen MR) is 403 cm³/mol. The molecular weight excluding hydrogens is 1250 g/mol. The molecule has 0 bridgehead atoms. The van der Waals surface area contributed by atoms with Crippen LogP contribution in [0.2, 0.25) is 0 Å². The van der Waals surface area contributed by atoms with Gasteiger partial charge < -0.3 is 22.8 Å². The molecule has 0 atom stereocenters. The van der Waals surface area contributed by atoms with Gasteiger partial charge in [-0.15, -0.1) is 25.5 Å². The highest BCUT2D eigenvalue weighted by atomic mass is 15.5. The number of nitrogens with zero attached hydrogens (tertiary/aromatic N) is 22. The molecule has 8 aromatic rings. The van der Waals surface area contributed by atoms with E-state index in [0.29, 0.717) is 0 Å². The third-order valence-corrected chi connectivity index (χ3v) is 19.6. The number of fused-ring (bicyclic) bond motifs is 8. The zero-order valence-corrected chi connectivity index (χ0v) is 63.4. The van der Waals surface area contributed by atoms with Gasteiger partial charge in [-0.3, -0.25) is 0 Å². The number of allylic oxidation sites excluding steroid dienone is 16. The van der Waals surface area contributed by atoms with E-state index in [-0.39, 0.29) is 0 Å². The maximum atomic E-state index is 4.42. The monoisotopic (exact) mass is 1360 g/mol. The van der Waals surface area contributed by atoms with Crippen molar-refractivity contribution in [2.45, 2.75) is 292 Å². The molecule has 8 aliphatic heterocycles. The van der Waals surface area contributed by atoms with Gasteiger partial charge in [-0.1, -0.05) is 44.6 Å². The summed E-state index contributed by atoms with van der Waals surface area (Å²) in [6, 6.07) is 0. The van der Waals surface area contributed by atoms with Gasteiger partial charge in [0, 0.05) is 89.5 Å². The van der Waals surface area contributed by atoms with Crippen LogP contribution >= 0.6 is 0 Å². The Balaban J connectivity index is 0.000000133. The van der Waals surface area contributed by atoms with E-state index in [0.717, 1.165) is 114 Å². The second kappa shape index (κ2) is 37.0. The number of tetrazole rings is 1. The van der Waals surface area contributed by atoms with Crippen LogP contribution in [0.1, 0.15) is 286 Å². The molecule has 0 amide bonds. The molecule has 0 unspecified atom stereocenters. The Morgan fingerprint density at radius 3 is 0.920 bits per heavy atom. The van der Waals surface area contributed by atoms with Gasteiger partial charge in [0.15, 0.2) is 29.1 Å². The predicted octanol–water partition coefficient (Wildman–Crippen LogP) is 17.7. The topological polar surface area (TPSA) is 220 Å². The molecule has 0 fully saturated rings. The summed E-state index contributed by atoms with van der Waals surface area (Å²) in [5.74, 6) is 8.83. The molecule has 536 valence electrons. The molecule has 0 saturated heterocycles. The maximum Gasteiger partial charge on any atom is 0.177 e. The van der Waals surface area contributed by atoms with Gasteiger partial charge in [-0.05, 0) is 294 Å². The molecule has 22 heteroatoms. The van der Waals surface area contributed by atoms with Crippen LogP contribution in [-0.2, 0) is 52.4 Å². The molecule has 0 spiro atoms. The van der Waals surface area contributed by atoms with Crippen LogP contribution in [0.25, 0.3) is 44.6 Å². The summed E-state index contributed by atoms with van der Waals surface area (Å²) in [7, 11) is 0. The van der Waals surface area contributed by atoms with Crippen LogP contribution < -0.4 is 0 Å². The minimum atomic E-state index is 0.957. The van der Waals surface area contributed by atoms with Crippen LogP contribution in [0.5, 0.6) is 0 Å². The van der Waals surface area contributed by atoms with Crippen molar-refractivity contribution in [3.05, 3.63) is 154 Å². The third kappa shape index (κ3) is 19.8. The van der Waals surface area contributed by atoms with Crippen LogP contribution in [0.4, 0.5) is 0 Å². The summed E-state index contributed by atoms with van der Waals surface area (Å²) in [4.78, 5) is 21.7. The summed E-state index contributed by atoms with van der Waals surface area (Å²) in [5, 5.41) is 36.3. The number of aromatic nitrogens is 22. The molecule has 16 heterocycles. The van der Waals surface area contributed by atoms with E-state index < -0.39 is 0 Å². The lowest BCUT2D eigenvalue weighted by Crippen LogP contribution is -2.11. The molecule has 0 N–H and O–H groups in total. The summed E-state index contributed by atoms with van der Waals surface area (Å²) < 4.78 is 17.0. The van der Waals surface area contributed by atoms with Crippen molar-refractivity contribution in [1.82, 2.24) is 108 Å². The molecule has 16 rings (SSSR count). The Labute approximate surface area is 594 Å². The average Bonchev–Trinajstić information content (AvgIpc) is 1.58. The number of rotatable bonds is 0. The quantitative estimate of drug-likeness (QED) is 0.138. The molecule has 8 aromatic heterocycles. The van der Waals surface area contributed by atoms with Crippen molar-refractivity contribution in [3.63, 3.8) is 0 Å². The number of aryl methyl sites for hydroxylation is 8. The van der Waals surface area contributed by atoms with Crippen molar-refractivity contribution in [3.8, 4) is 0 Å². The summed E-state index contributed by atoms with van der Waals surface area (Å²) in [6.07, 6.45) is 43.0. The summed E-state index contributed by atoms with van der Waals surface area (Å²) in [6.45, 7) is 43.0. The van der Waals surface area contributed by atoms with E-state index >= 15 is 0 Å². The van der Waals surface area contributed by atoms with E-state index in [1.54, 1.807) is 12.7 Å². The number of imidazole rings is 3. The second-order valence-electron chi connectivity index (χ2n) is 28.9. The lowest BCUT2D eigenvalue weighted by atomic mass is 10.0. The highest BCUT2D eigenvalue weighted by Crippen LogP contribution is 2.33. The van der Waals surface area contributed by atoms with Crippen LogP contribution in [-0.4, -0.2) is 108 Å². The van der Waals surface area contributed by atoms with E-state index in [2.05, 4.69) is 223 Å². The normalized spacial score (nSPS) is 16.3. The van der Waals surface area contributed by atoms with Crippen molar-refractivity contribution in [1.29, 1.82) is 0 Å². The first-order valence-electron chi connectivity index (χ1n) is 37.0. The molecule has 22 nitrogen and oxygen atoms in total. The molecule has 0 saturated carbocycles. The Kier molecular flexibility index (Phi) is 27.9. The minimum Gasteiger partial charge on any atom is -0.331 e. The summed E-state index contributed by atoms with van der Waals surface area (Å²) >= 11 is 0. The number of hydrogen-bond donors (Lipinski definition) is 0. The summed E-state index contributed by atoms with van der Waals surface area (Å²) in [5.41, 5.74) is 22.2. The zero-order valence-electron chi connectivity index (χ0n) is 63.4. The molecular formula is C78H114N22. The molecule has 100 heavy (non-hydrogen) atoms. The Morgan fingerprint density at radius 1 is 0.260 bits per heavy atom. The van der Waals surface area contributed by atoms with Gasteiger partial charge in [0.2, 0.25) is 0 Å². The fraction of sp³-hybridized carbons (Fsp3) is 0.564. The van der Waals surface area contributed by atoms with Crippen molar-refractivity contribution >= 4 is 44.6 Å². The standard InChI is InChI=1S/C11H16N2.2C10H15N3.2C10H14N2.C9H14N4.2C9H13N3/c1-9(2)10-5-3-4-7-13-8-6-12-11(10)13;1-8(2)9-5-3-4-6-13-7-11-12-10(9)13;1-8(2)9-5-3-4-6-13-10(9)11-7-12-13;2*1-8(2)9-4-3-6-12-7-5-11-10(9)12;1-7(2)8-5-3-4-6-13-9(8)10-11-12-13;1-7(2)8-4-3-5-12-6-10-11-9(8)12;1-7(2)8-4-3-5-12-9(8)10-6-11-12/h6,8H,3-5,7H2,1-2H3;2*7H,3-6H2,1-2H3;2*5,7H,3-4,6H2,1-2H3;3-6H2,1-2H3;2*6H,3-5H2,1-2H3. The molecule has 8 aliphatic rings. The van der Waals surface area contributed by atoms with E-state index in [1.165, 1.54) is 203 Å². The minimum absolute atomic E-state index is 0.957. The van der Waals surface area contributed by atoms with Crippen molar-refractivity contribution < 1.29 is 0 Å². The van der Waals surface area contributed by atoms with E-state index in [1.807, 2.05) is 45.3 Å². The van der Waals surface area contributed by atoms with Crippen molar-refractivity contribution in [2.75, 3.05) is 0 Å². The fourth-order valence-corrected chi connectivity index (χ4v) is 14.1. The Hall–Kier alpha value is -8.82. The van der Waals surface area contributed by atoms with Crippen LogP contribution in [0.15, 0.2) is 107 Å². The Morgan fingerprint density at radius 2 is 0.540 bits per heavy atom. The fourth-order valence-electron chi connectivity index (χ4n) is 14.1. The third-order valence-electron chi connectivity index (χ3n) is 19.6. The van der Waals surface area contributed by atoms with Gasteiger partial charge in [-0.2, -0.15) is 10.2 Å². The van der Waals surface area contributed by atoms with Crippen LogP contribution in [0.3, 0.4) is 0 Å². The average molecular weight is 1360 g/mol. The second-order valence-corrected chi connectivity index (χ2v) is 28.9. The maximum absolute atomic E-state index is 4.42. The first kappa shape index (κ1) is 75.4. The zero-order chi connectivity index (χ0) is 71.2. The van der Waals surface area contributed by atoms with Gasteiger partial charge in [-0.25, -0.2) is 39.0 Å². The number of hydrogen-bond acceptors (Lipinski definition) is 14. The smallest absolute Gasteiger partial charge is 0.177 e. The largest absolute Gasteiger partial charge is 0.331 e. The van der Waals surface area contributed by atoms with E-state index in [9.17, 15) is 0 Å². The van der Waals surface area contributed by atoms with Gasteiger partial charge in [0.25, 0.3) is 0 Å².